The largest absolute Gasteiger partial charge is 0.123 e. The third kappa shape index (κ3) is 1.71. The molecule has 2 aliphatic rings. The summed E-state index contributed by atoms with van der Waals surface area (Å²) in [6, 6.07) is 0. The van der Waals surface area contributed by atoms with E-state index in [1.54, 1.807) is 0 Å². The summed E-state index contributed by atoms with van der Waals surface area (Å²) in [6.07, 6.45) is 0.584. The topological polar surface area (TPSA) is 0 Å². The van der Waals surface area contributed by atoms with Gasteiger partial charge in [-0.05, 0) is 6.42 Å². The van der Waals surface area contributed by atoms with E-state index in [1.807, 2.05) is 6.92 Å². The minimum atomic E-state index is -0.704. The van der Waals surface area contributed by atoms with Crippen LogP contribution < -0.4 is 0 Å². The molecule has 0 heterocycles. The van der Waals surface area contributed by atoms with E-state index in [0.29, 0.717) is 6.42 Å². The molecule has 17 heavy (non-hydrogen) atoms. The Morgan fingerprint density at radius 1 is 1.00 bits per heavy atom. The maximum absolute atomic E-state index is 6.43. The van der Waals surface area contributed by atoms with Crippen molar-refractivity contribution in [1.29, 1.82) is 0 Å². The van der Waals surface area contributed by atoms with Crippen molar-refractivity contribution < 1.29 is 0 Å². The van der Waals surface area contributed by atoms with E-state index in [9.17, 15) is 0 Å². The van der Waals surface area contributed by atoms with E-state index in [2.05, 4.69) is 0 Å². The summed E-state index contributed by atoms with van der Waals surface area (Å²) in [7, 11) is 0. The van der Waals surface area contributed by atoms with Crippen molar-refractivity contribution in [3.05, 3.63) is 0 Å². The van der Waals surface area contributed by atoms with Gasteiger partial charge >= 0.3 is 0 Å². The minimum Gasteiger partial charge on any atom is -0.123 e. The highest BCUT2D eigenvalue weighted by atomic mass is 35.5. The molecule has 0 spiro atoms. The van der Waals surface area contributed by atoms with E-state index in [0.717, 1.165) is 0 Å². The molecule has 2 bridgehead atoms. The van der Waals surface area contributed by atoms with Crippen LogP contribution in [0, 0.1) is 16.7 Å². The Balaban J connectivity index is 2.59. The zero-order valence-corrected chi connectivity index (χ0v) is 14.1. The van der Waals surface area contributed by atoms with Crippen molar-refractivity contribution in [2.75, 3.05) is 0 Å². The highest BCUT2D eigenvalue weighted by molar-refractivity contribution is 6.48. The average Bonchev–Trinajstić information content (AvgIpc) is 2.54. The molecule has 2 saturated carbocycles. The zero-order valence-electron chi connectivity index (χ0n) is 8.82. The fraction of sp³-hybridized carbons (Fsp3) is 1.00. The van der Waals surface area contributed by atoms with Gasteiger partial charge in [0.25, 0.3) is 0 Å². The summed E-state index contributed by atoms with van der Waals surface area (Å²) in [5, 5.41) is -0.857. The third-order valence-corrected chi connectivity index (χ3v) is 8.00. The summed E-state index contributed by atoms with van der Waals surface area (Å²) < 4.78 is 0. The number of halogens is 7. The van der Waals surface area contributed by atoms with Crippen LogP contribution in [0.5, 0.6) is 0 Å². The van der Waals surface area contributed by atoms with E-state index < -0.39 is 20.5 Å². The van der Waals surface area contributed by atoms with Gasteiger partial charge < -0.3 is 0 Å². The van der Waals surface area contributed by atoms with Crippen LogP contribution in [-0.4, -0.2) is 25.8 Å². The second-order valence-corrected chi connectivity index (χ2v) is 8.74. The summed E-state index contributed by atoms with van der Waals surface area (Å²) in [4.78, 5) is -1.37. The van der Waals surface area contributed by atoms with E-state index >= 15 is 0 Å². The second-order valence-electron chi connectivity index (χ2n) is 5.02. The van der Waals surface area contributed by atoms with Gasteiger partial charge in [-0.3, -0.25) is 0 Å². The Morgan fingerprint density at radius 2 is 1.53 bits per heavy atom. The van der Waals surface area contributed by atoms with Gasteiger partial charge in [-0.1, -0.05) is 6.92 Å². The van der Waals surface area contributed by atoms with Gasteiger partial charge in [-0.15, -0.1) is 81.2 Å². The maximum Gasteiger partial charge on any atom is 0.115 e. The molecule has 0 radical (unpaired) electrons. The quantitative estimate of drug-likeness (QED) is 0.561. The molecule has 0 N–H and O–H groups in total. The molecular formula is C10H11Cl7. The van der Waals surface area contributed by atoms with Gasteiger partial charge in [0.15, 0.2) is 0 Å². The molecule has 1 unspecified atom stereocenters. The number of alkyl halides is 7. The van der Waals surface area contributed by atoms with Crippen molar-refractivity contribution in [1.82, 2.24) is 0 Å². The Hall–Kier alpha value is 2.03. The fourth-order valence-corrected chi connectivity index (χ4v) is 7.32. The van der Waals surface area contributed by atoms with Crippen molar-refractivity contribution >= 4 is 81.2 Å². The highest BCUT2D eigenvalue weighted by Crippen LogP contribution is 2.74. The Kier molecular flexibility index (Phi) is 4.35. The van der Waals surface area contributed by atoms with Crippen LogP contribution in [0.4, 0.5) is 0 Å². The number of fused-ring (bicyclic) bond motifs is 2. The molecule has 0 saturated heterocycles. The molecule has 2 fully saturated rings. The smallest absolute Gasteiger partial charge is 0.115 e. The van der Waals surface area contributed by atoms with Gasteiger partial charge in [0, 0.05) is 22.1 Å². The normalized spacial score (nSPS) is 54.0. The van der Waals surface area contributed by atoms with Crippen molar-refractivity contribution in [2.45, 2.75) is 39.1 Å². The number of hydrogen-bond acceptors (Lipinski definition) is 0. The average molecular weight is 379 g/mol. The molecule has 0 aliphatic heterocycles. The van der Waals surface area contributed by atoms with Gasteiger partial charge in [0.1, 0.15) is 9.67 Å². The van der Waals surface area contributed by atoms with Gasteiger partial charge in [0.05, 0.1) is 10.8 Å². The fourth-order valence-electron chi connectivity index (χ4n) is 3.55. The molecule has 100 valence electrons. The lowest BCUT2D eigenvalue weighted by Crippen LogP contribution is -2.47. The first-order valence-corrected chi connectivity index (χ1v) is 8.25. The molecule has 0 nitrogen and oxygen atoms in total. The monoisotopic (exact) mass is 376 g/mol. The van der Waals surface area contributed by atoms with Crippen LogP contribution >= 0.6 is 81.2 Å². The van der Waals surface area contributed by atoms with Crippen LogP contribution in [0.15, 0.2) is 0 Å². The third-order valence-electron chi connectivity index (χ3n) is 4.58. The van der Waals surface area contributed by atoms with Crippen LogP contribution in [0.2, 0.25) is 0 Å². The molecule has 7 heteroatoms. The molecule has 0 aromatic heterocycles. The van der Waals surface area contributed by atoms with E-state index in [-0.39, 0.29) is 22.0 Å². The van der Waals surface area contributed by atoms with E-state index in [4.69, 9.17) is 81.2 Å². The minimum absolute atomic E-state index is 0.0895. The van der Waals surface area contributed by atoms with Crippen LogP contribution in [0.1, 0.15) is 13.3 Å². The number of hydrogen-bond donors (Lipinski definition) is 0. The molecule has 2 aliphatic carbocycles. The molecule has 0 amide bonds. The molecule has 0 aromatic rings. The predicted octanol–water partition coefficient (Wildman–Crippen LogP) is 5.44. The standard InChI is InChI=1S/C10H11Cl7/c1-9(7(14)15)4-3(11)2-10(9,8(16)17)6(13)5(4)12/h3-8H,2H2,1H3/t3-,4-,5+,6-,9?,10+/m0/s1. The van der Waals surface area contributed by atoms with Gasteiger partial charge in [-0.25, -0.2) is 0 Å². The summed E-state index contributed by atoms with van der Waals surface area (Å²) in [6.45, 7) is 1.93. The lowest BCUT2D eigenvalue weighted by Gasteiger charge is -2.44. The second kappa shape index (κ2) is 4.79. The molecular weight excluding hydrogens is 368 g/mol. The zero-order chi connectivity index (χ0) is 13.2. The van der Waals surface area contributed by atoms with Crippen molar-refractivity contribution in [3.63, 3.8) is 0 Å². The lowest BCUT2D eigenvalue weighted by molar-refractivity contribution is 0.140. The summed E-state index contributed by atoms with van der Waals surface area (Å²) in [5.74, 6) is -0.0895. The molecule has 2 rings (SSSR count). The summed E-state index contributed by atoms with van der Waals surface area (Å²) in [5.41, 5.74) is -1.22. The van der Waals surface area contributed by atoms with Crippen LogP contribution in [0.25, 0.3) is 0 Å². The van der Waals surface area contributed by atoms with Crippen molar-refractivity contribution in [2.24, 2.45) is 16.7 Å². The number of rotatable bonds is 2. The Morgan fingerprint density at radius 3 is 1.88 bits per heavy atom. The SMILES string of the molecule is CC1(C(Cl)Cl)[C@@H]2[C@@H](Cl)[C@H](Cl)[C@@]1(C(Cl)Cl)C[C@@H]2Cl. The summed E-state index contributed by atoms with van der Waals surface area (Å²) >= 11 is 43.8. The van der Waals surface area contributed by atoms with Crippen LogP contribution in [0.3, 0.4) is 0 Å². The first-order valence-electron chi connectivity index (χ1n) is 5.19. The molecule has 0 aromatic carbocycles. The predicted molar refractivity (Wildman–Crippen MR) is 78.6 cm³/mol. The van der Waals surface area contributed by atoms with E-state index in [1.165, 1.54) is 0 Å². The lowest BCUT2D eigenvalue weighted by atomic mass is 9.70. The Bertz CT molecular complexity index is 320. The highest BCUT2D eigenvalue weighted by Gasteiger charge is 2.76. The maximum atomic E-state index is 6.43. The Labute approximate surface area is 136 Å². The van der Waals surface area contributed by atoms with Gasteiger partial charge in [0.2, 0.25) is 0 Å². The first-order chi connectivity index (χ1) is 7.71. The van der Waals surface area contributed by atoms with Crippen LogP contribution in [-0.2, 0) is 0 Å². The first kappa shape index (κ1) is 15.4. The van der Waals surface area contributed by atoms with Crippen molar-refractivity contribution in [3.8, 4) is 0 Å². The molecule has 6 atom stereocenters. The van der Waals surface area contributed by atoms with Gasteiger partial charge in [-0.2, -0.15) is 0 Å².